The van der Waals surface area contributed by atoms with Crippen molar-refractivity contribution in [3.8, 4) is 0 Å². The molecule has 0 aliphatic carbocycles. The maximum Gasteiger partial charge on any atom is 0.471 e. The van der Waals surface area contributed by atoms with Crippen molar-refractivity contribution in [2.45, 2.75) is 70.1 Å². The highest BCUT2D eigenvalue weighted by Crippen LogP contribution is 2.42. The number of fused-ring (bicyclic) bond motifs is 1. The lowest BCUT2D eigenvalue weighted by molar-refractivity contribution is -0.193. The van der Waals surface area contributed by atoms with Gasteiger partial charge >= 0.3 is 18.2 Å². The summed E-state index contributed by atoms with van der Waals surface area (Å²) in [6.45, 7) is 4.00. The molecular weight excluding hydrogens is 565 g/mol. The van der Waals surface area contributed by atoms with Crippen molar-refractivity contribution in [3.05, 3.63) is 52.9 Å². The number of carbonyl (C=O) groups excluding carboxylic acids is 1. The summed E-state index contributed by atoms with van der Waals surface area (Å²) in [5.41, 5.74) is -0.928. The number of rotatable bonds is 4. The van der Waals surface area contributed by atoms with Gasteiger partial charge in [0, 0.05) is 48.5 Å². The minimum atomic E-state index is -5.39. The summed E-state index contributed by atoms with van der Waals surface area (Å²) < 4.78 is 95.4. The second kappa shape index (κ2) is 9.98. The standard InChI is InChI=1S/C24H28F5N5O5S/c1-23(2,3)34(22(36)37)19-8-15(31-9-13-10-33(40(4,38)39)30-18(13)12-31)11-32(21(35)24(27,28)29)20(19)16-7-14(25)5-6-17(16)26/h5-7,10,15,19-20H,8-9,11-12H2,1-4H3,(H,36,37)/t15-,19+,20-/m1/s1. The van der Waals surface area contributed by atoms with Gasteiger partial charge in [0.2, 0.25) is 0 Å². The molecule has 10 nitrogen and oxygen atoms in total. The van der Waals surface area contributed by atoms with Gasteiger partial charge in [-0.2, -0.15) is 22.4 Å². The Kier molecular flexibility index (Phi) is 7.41. The topological polar surface area (TPSA) is 116 Å². The van der Waals surface area contributed by atoms with E-state index in [1.807, 2.05) is 0 Å². The first-order valence-electron chi connectivity index (χ1n) is 12.2. The van der Waals surface area contributed by atoms with Gasteiger partial charge in [-0.1, -0.05) is 0 Å². The molecule has 0 saturated carbocycles. The van der Waals surface area contributed by atoms with Crippen molar-refractivity contribution in [2.75, 3.05) is 12.8 Å². The predicted octanol–water partition coefficient (Wildman–Crippen LogP) is 3.34. The zero-order valence-electron chi connectivity index (χ0n) is 22.0. The van der Waals surface area contributed by atoms with Crippen molar-refractivity contribution in [3.63, 3.8) is 0 Å². The molecule has 0 unspecified atom stereocenters. The molecule has 0 spiro atoms. The quantitative estimate of drug-likeness (QED) is 0.541. The molecule has 1 aromatic carbocycles. The molecule has 2 aromatic rings. The van der Waals surface area contributed by atoms with E-state index in [9.17, 15) is 40.7 Å². The number of alkyl halides is 3. The van der Waals surface area contributed by atoms with Gasteiger partial charge in [0.25, 0.3) is 10.0 Å². The van der Waals surface area contributed by atoms with E-state index < -0.39 is 75.6 Å². The number of piperidine rings is 1. The lowest BCUT2D eigenvalue weighted by Crippen LogP contribution is -2.64. The Hall–Kier alpha value is -3.27. The molecule has 4 rings (SSSR count). The van der Waals surface area contributed by atoms with E-state index in [0.29, 0.717) is 28.3 Å². The first kappa shape index (κ1) is 29.7. The molecule has 2 amide bonds. The monoisotopic (exact) mass is 593 g/mol. The zero-order chi connectivity index (χ0) is 29.9. The van der Waals surface area contributed by atoms with E-state index in [4.69, 9.17) is 0 Å². The Balaban J connectivity index is 1.82. The molecule has 16 heteroatoms. The van der Waals surface area contributed by atoms with Gasteiger partial charge in [0.1, 0.15) is 11.6 Å². The summed E-state index contributed by atoms with van der Waals surface area (Å²) in [6.07, 6.45) is -4.81. The highest BCUT2D eigenvalue weighted by atomic mass is 32.2. The number of benzene rings is 1. The second-order valence-electron chi connectivity index (χ2n) is 11.0. The third-order valence-electron chi connectivity index (χ3n) is 7.10. The third-order valence-corrected chi connectivity index (χ3v) is 7.97. The van der Waals surface area contributed by atoms with Crippen molar-refractivity contribution in [1.29, 1.82) is 0 Å². The molecular formula is C24H28F5N5O5S. The highest BCUT2D eigenvalue weighted by Gasteiger charge is 2.54. The normalized spacial score (nSPS) is 22.3. The fourth-order valence-electron chi connectivity index (χ4n) is 5.54. The molecule has 3 atom stereocenters. The first-order valence-corrected chi connectivity index (χ1v) is 14.0. The summed E-state index contributed by atoms with van der Waals surface area (Å²) in [4.78, 5) is 28.2. The Labute approximate surface area is 227 Å². The smallest absolute Gasteiger partial charge is 0.465 e. The van der Waals surface area contributed by atoms with Gasteiger partial charge in [0.15, 0.2) is 0 Å². The molecule has 0 bridgehead atoms. The molecule has 3 heterocycles. The Morgan fingerprint density at radius 2 is 1.77 bits per heavy atom. The van der Waals surface area contributed by atoms with Gasteiger partial charge in [-0.15, -0.1) is 0 Å². The molecule has 2 aliphatic heterocycles. The van der Waals surface area contributed by atoms with E-state index in [2.05, 4.69) is 5.10 Å². The average Bonchev–Trinajstić information content (AvgIpc) is 3.38. The number of likely N-dealkylation sites (tertiary alicyclic amines) is 1. The van der Waals surface area contributed by atoms with Gasteiger partial charge in [-0.05, 0) is 45.4 Å². The van der Waals surface area contributed by atoms with Crippen LogP contribution in [0.5, 0.6) is 0 Å². The van der Waals surface area contributed by atoms with E-state index in [1.165, 1.54) is 27.0 Å². The van der Waals surface area contributed by atoms with Crippen LogP contribution >= 0.6 is 0 Å². The maximum absolute atomic E-state index is 15.1. The third kappa shape index (κ3) is 5.64. The minimum Gasteiger partial charge on any atom is -0.465 e. The number of hydrogen-bond acceptors (Lipinski definition) is 6. The number of hydrogen-bond donors (Lipinski definition) is 1. The molecule has 220 valence electrons. The van der Waals surface area contributed by atoms with Crippen LogP contribution in [0.4, 0.5) is 26.7 Å². The number of nitrogens with zero attached hydrogens (tertiary/aromatic N) is 5. The molecule has 1 N–H and O–H groups in total. The van der Waals surface area contributed by atoms with E-state index in [-0.39, 0.29) is 19.5 Å². The summed E-state index contributed by atoms with van der Waals surface area (Å²) in [7, 11) is -3.68. The lowest BCUT2D eigenvalue weighted by atomic mass is 9.84. The van der Waals surface area contributed by atoms with Crippen molar-refractivity contribution in [2.24, 2.45) is 0 Å². The van der Waals surface area contributed by atoms with Crippen molar-refractivity contribution >= 4 is 22.0 Å². The number of amides is 2. The number of halogens is 5. The number of carboxylic acid groups (broad SMARTS) is 1. The van der Waals surface area contributed by atoms with E-state index >= 15 is 4.39 Å². The van der Waals surface area contributed by atoms with E-state index in [1.54, 1.807) is 4.90 Å². The summed E-state index contributed by atoms with van der Waals surface area (Å²) in [6, 6.07) is -1.92. The lowest BCUT2D eigenvalue weighted by Gasteiger charge is -2.52. The summed E-state index contributed by atoms with van der Waals surface area (Å²) in [5.74, 6) is -4.39. The van der Waals surface area contributed by atoms with Crippen LogP contribution in [0.2, 0.25) is 0 Å². The SMILES string of the molecule is CC(C)(C)N(C(=O)O)[C@H]1C[C@@H](N2Cc3cn(S(C)(=O)=O)nc3C2)CN(C(=O)C(F)(F)F)[C@@H]1c1cc(F)ccc1F. The molecule has 2 aliphatic rings. The van der Waals surface area contributed by atoms with Crippen LogP contribution < -0.4 is 0 Å². The zero-order valence-corrected chi connectivity index (χ0v) is 22.8. The van der Waals surface area contributed by atoms with Crippen LogP contribution in [-0.4, -0.2) is 86.0 Å². The van der Waals surface area contributed by atoms with Crippen LogP contribution in [0.1, 0.15) is 50.1 Å². The van der Waals surface area contributed by atoms with Gasteiger partial charge < -0.3 is 10.0 Å². The Bertz CT molecular complexity index is 1410. The molecule has 0 radical (unpaired) electrons. The highest BCUT2D eigenvalue weighted by molar-refractivity contribution is 7.89. The fraction of sp³-hybridized carbons (Fsp3) is 0.542. The van der Waals surface area contributed by atoms with Gasteiger partial charge in [0.05, 0.1) is 24.0 Å². The Morgan fingerprint density at radius 3 is 2.30 bits per heavy atom. The van der Waals surface area contributed by atoms with Crippen LogP contribution in [0, 0.1) is 11.6 Å². The van der Waals surface area contributed by atoms with Crippen LogP contribution in [-0.2, 0) is 27.9 Å². The van der Waals surface area contributed by atoms with Gasteiger partial charge in [-0.25, -0.2) is 22.0 Å². The second-order valence-corrected chi connectivity index (χ2v) is 12.8. The summed E-state index contributed by atoms with van der Waals surface area (Å²) in [5, 5.41) is 14.2. The molecule has 1 saturated heterocycles. The van der Waals surface area contributed by atoms with E-state index in [0.717, 1.165) is 21.3 Å². The van der Waals surface area contributed by atoms with Gasteiger partial charge in [-0.3, -0.25) is 14.6 Å². The maximum atomic E-state index is 15.1. The number of aromatic nitrogens is 2. The first-order chi connectivity index (χ1) is 18.3. The fourth-order valence-corrected chi connectivity index (χ4v) is 6.10. The van der Waals surface area contributed by atoms with Crippen LogP contribution in [0.3, 0.4) is 0 Å². The van der Waals surface area contributed by atoms with Crippen molar-refractivity contribution < 1.29 is 45.1 Å². The van der Waals surface area contributed by atoms with Crippen LogP contribution in [0.15, 0.2) is 24.4 Å². The molecule has 40 heavy (non-hydrogen) atoms. The molecule has 1 fully saturated rings. The van der Waals surface area contributed by atoms with Crippen molar-refractivity contribution in [1.82, 2.24) is 23.9 Å². The summed E-state index contributed by atoms with van der Waals surface area (Å²) >= 11 is 0. The minimum absolute atomic E-state index is 0.0187. The predicted molar refractivity (Wildman–Crippen MR) is 130 cm³/mol. The number of carbonyl (C=O) groups is 2. The Morgan fingerprint density at radius 1 is 1.12 bits per heavy atom. The van der Waals surface area contributed by atoms with Crippen LogP contribution in [0.25, 0.3) is 0 Å². The average molecular weight is 594 g/mol. The largest absolute Gasteiger partial charge is 0.471 e. The molecule has 1 aromatic heterocycles.